The van der Waals surface area contributed by atoms with E-state index >= 15 is 0 Å². The average molecular weight is 254 g/mol. The fourth-order valence-corrected chi connectivity index (χ4v) is 1.68. The largest absolute Gasteiger partial charge is 0.505 e. The van der Waals surface area contributed by atoms with Crippen LogP contribution in [0, 0.1) is 5.82 Å². The topological polar surface area (TPSA) is 35.5 Å². The summed E-state index contributed by atoms with van der Waals surface area (Å²) in [7, 11) is 2.11. The van der Waals surface area contributed by atoms with E-state index in [0.29, 0.717) is 12.6 Å². The quantitative estimate of drug-likeness (QED) is 0.733. The second kappa shape index (κ2) is 7.34. The SMILES string of the molecule is CCC(C)N(C)CCNCc1ccc(O)c(F)c1. The van der Waals surface area contributed by atoms with Gasteiger partial charge in [0.05, 0.1) is 0 Å². The van der Waals surface area contributed by atoms with Gasteiger partial charge in [0.1, 0.15) is 0 Å². The molecule has 102 valence electrons. The molecule has 0 aliphatic heterocycles. The maximum Gasteiger partial charge on any atom is 0.165 e. The van der Waals surface area contributed by atoms with Crippen molar-refractivity contribution in [3.8, 4) is 5.75 Å². The third-order valence-electron chi connectivity index (χ3n) is 3.33. The Bertz CT molecular complexity index is 371. The molecule has 4 heteroatoms. The highest BCUT2D eigenvalue weighted by Crippen LogP contribution is 2.15. The second-order valence-electron chi connectivity index (χ2n) is 4.70. The van der Waals surface area contributed by atoms with Crippen LogP contribution in [-0.2, 0) is 6.54 Å². The summed E-state index contributed by atoms with van der Waals surface area (Å²) < 4.78 is 13.1. The number of likely N-dealkylation sites (N-methyl/N-ethyl adjacent to an activating group) is 1. The standard InChI is InChI=1S/C14H23FN2O/c1-4-11(2)17(3)8-7-16-10-12-5-6-14(18)13(15)9-12/h5-6,9,11,16,18H,4,7-8,10H2,1-3H3. The Hall–Kier alpha value is -1.13. The lowest BCUT2D eigenvalue weighted by Crippen LogP contribution is -2.34. The van der Waals surface area contributed by atoms with Crippen molar-refractivity contribution in [3.63, 3.8) is 0 Å². The molecule has 1 aromatic carbocycles. The summed E-state index contributed by atoms with van der Waals surface area (Å²) in [6.45, 7) is 6.83. The minimum absolute atomic E-state index is 0.296. The lowest BCUT2D eigenvalue weighted by molar-refractivity contribution is 0.251. The van der Waals surface area contributed by atoms with Gasteiger partial charge < -0.3 is 15.3 Å². The fraction of sp³-hybridized carbons (Fsp3) is 0.571. The lowest BCUT2D eigenvalue weighted by Gasteiger charge is -2.23. The number of rotatable bonds is 7. The van der Waals surface area contributed by atoms with Crippen LogP contribution in [-0.4, -0.2) is 36.2 Å². The normalized spacial score (nSPS) is 12.9. The highest BCUT2D eigenvalue weighted by atomic mass is 19.1. The van der Waals surface area contributed by atoms with Gasteiger partial charge in [-0.2, -0.15) is 0 Å². The van der Waals surface area contributed by atoms with Crippen molar-refractivity contribution in [2.24, 2.45) is 0 Å². The Labute approximate surface area is 109 Å². The van der Waals surface area contributed by atoms with Crippen LogP contribution in [0.1, 0.15) is 25.8 Å². The van der Waals surface area contributed by atoms with Crippen molar-refractivity contribution in [1.29, 1.82) is 0 Å². The molecular formula is C14H23FN2O. The monoisotopic (exact) mass is 254 g/mol. The number of benzene rings is 1. The minimum Gasteiger partial charge on any atom is -0.505 e. The van der Waals surface area contributed by atoms with Gasteiger partial charge in [-0.25, -0.2) is 4.39 Å². The van der Waals surface area contributed by atoms with Crippen molar-refractivity contribution in [2.75, 3.05) is 20.1 Å². The summed E-state index contributed by atoms with van der Waals surface area (Å²) in [5.41, 5.74) is 0.844. The molecular weight excluding hydrogens is 231 g/mol. The highest BCUT2D eigenvalue weighted by Gasteiger charge is 2.05. The molecule has 0 aliphatic rings. The summed E-state index contributed by atoms with van der Waals surface area (Å²) in [6, 6.07) is 5.06. The van der Waals surface area contributed by atoms with Gasteiger partial charge >= 0.3 is 0 Å². The van der Waals surface area contributed by atoms with Gasteiger partial charge in [0.25, 0.3) is 0 Å². The average Bonchev–Trinajstić information content (AvgIpc) is 2.37. The van der Waals surface area contributed by atoms with E-state index in [2.05, 4.69) is 31.1 Å². The predicted octanol–water partition coefficient (Wildman–Crippen LogP) is 2.35. The van der Waals surface area contributed by atoms with E-state index in [0.717, 1.165) is 25.1 Å². The van der Waals surface area contributed by atoms with Gasteiger partial charge in [-0.05, 0) is 38.1 Å². The van der Waals surface area contributed by atoms with Crippen LogP contribution in [0.15, 0.2) is 18.2 Å². The van der Waals surface area contributed by atoms with Crippen LogP contribution < -0.4 is 5.32 Å². The smallest absolute Gasteiger partial charge is 0.165 e. The van der Waals surface area contributed by atoms with Crippen molar-refractivity contribution in [3.05, 3.63) is 29.6 Å². The molecule has 0 saturated carbocycles. The molecule has 0 heterocycles. The van der Waals surface area contributed by atoms with E-state index in [9.17, 15) is 4.39 Å². The van der Waals surface area contributed by atoms with Gasteiger partial charge in [-0.1, -0.05) is 13.0 Å². The first-order valence-electron chi connectivity index (χ1n) is 6.43. The first kappa shape index (κ1) is 14.9. The van der Waals surface area contributed by atoms with Crippen molar-refractivity contribution < 1.29 is 9.50 Å². The molecule has 0 saturated heterocycles. The highest BCUT2D eigenvalue weighted by molar-refractivity contribution is 5.27. The summed E-state index contributed by atoms with van der Waals surface area (Å²) >= 11 is 0. The number of hydrogen-bond donors (Lipinski definition) is 2. The van der Waals surface area contributed by atoms with Crippen LogP contribution in [0.5, 0.6) is 5.75 Å². The molecule has 1 atom stereocenters. The van der Waals surface area contributed by atoms with Crippen LogP contribution in [0.2, 0.25) is 0 Å². The maximum absolute atomic E-state index is 13.1. The first-order chi connectivity index (χ1) is 8.54. The Morgan fingerprint density at radius 1 is 1.44 bits per heavy atom. The molecule has 18 heavy (non-hydrogen) atoms. The Kier molecular flexibility index (Phi) is 6.09. The van der Waals surface area contributed by atoms with Crippen LogP contribution in [0.25, 0.3) is 0 Å². The number of hydrogen-bond acceptors (Lipinski definition) is 3. The van der Waals surface area contributed by atoms with E-state index in [1.807, 2.05) is 0 Å². The van der Waals surface area contributed by atoms with E-state index < -0.39 is 5.82 Å². The van der Waals surface area contributed by atoms with Crippen molar-refractivity contribution >= 4 is 0 Å². The molecule has 1 aromatic rings. The molecule has 0 spiro atoms. The zero-order valence-electron chi connectivity index (χ0n) is 11.4. The van der Waals surface area contributed by atoms with Gasteiger partial charge in [-0.3, -0.25) is 0 Å². The summed E-state index contributed by atoms with van der Waals surface area (Å²) in [6.07, 6.45) is 1.14. The molecule has 0 aliphatic carbocycles. The van der Waals surface area contributed by atoms with Crippen molar-refractivity contribution in [1.82, 2.24) is 10.2 Å². The molecule has 2 N–H and O–H groups in total. The number of phenolic OH excluding ortho intramolecular Hbond substituents is 1. The van der Waals surface area contributed by atoms with Gasteiger partial charge in [0.15, 0.2) is 11.6 Å². The van der Waals surface area contributed by atoms with Crippen LogP contribution >= 0.6 is 0 Å². The van der Waals surface area contributed by atoms with E-state index in [1.165, 1.54) is 12.1 Å². The second-order valence-corrected chi connectivity index (χ2v) is 4.70. The Morgan fingerprint density at radius 2 is 2.17 bits per heavy atom. The molecule has 0 fully saturated rings. The molecule has 1 rings (SSSR count). The predicted molar refractivity (Wildman–Crippen MR) is 72.2 cm³/mol. The minimum atomic E-state index is -0.564. The maximum atomic E-state index is 13.1. The number of phenols is 1. The molecule has 0 bridgehead atoms. The summed E-state index contributed by atoms with van der Waals surface area (Å²) in [5.74, 6) is -0.860. The third kappa shape index (κ3) is 4.63. The number of nitrogens with one attached hydrogen (secondary N) is 1. The van der Waals surface area contributed by atoms with E-state index in [4.69, 9.17) is 5.11 Å². The van der Waals surface area contributed by atoms with Gasteiger partial charge in [0.2, 0.25) is 0 Å². The summed E-state index contributed by atoms with van der Waals surface area (Å²) in [5, 5.41) is 12.3. The molecule has 1 unspecified atom stereocenters. The zero-order chi connectivity index (χ0) is 13.5. The first-order valence-corrected chi connectivity index (χ1v) is 6.43. The molecule has 0 amide bonds. The third-order valence-corrected chi connectivity index (χ3v) is 3.33. The van der Waals surface area contributed by atoms with E-state index in [1.54, 1.807) is 6.07 Å². The lowest BCUT2D eigenvalue weighted by atomic mass is 10.2. The van der Waals surface area contributed by atoms with Gasteiger partial charge in [-0.15, -0.1) is 0 Å². The number of nitrogens with zero attached hydrogens (tertiary/aromatic N) is 1. The van der Waals surface area contributed by atoms with Crippen LogP contribution in [0.3, 0.4) is 0 Å². The van der Waals surface area contributed by atoms with Crippen molar-refractivity contribution in [2.45, 2.75) is 32.9 Å². The zero-order valence-corrected chi connectivity index (χ0v) is 11.4. The molecule has 0 aromatic heterocycles. The fourth-order valence-electron chi connectivity index (χ4n) is 1.68. The van der Waals surface area contributed by atoms with E-state index in [-0.39, 0.29) is 5.75 Å². The molecule has 3 nitrogen and oxygen atoms in total. The molecule has 0 radical (unpaired) electrons. The Balaban J connectivity index is 2.27. The number of aromatic hydroxyl groups is 1. The number of halogens is 1. The van der Waals surface area contributed by atoms with Gasteiger partial charge in [0, 0.05) is 25.7 Å². The summed E-state index contributed by atoms with van der Waals surface area (Å²) in [4.78, 5) is 2.30. The Morgan fingerprint density at radius 3 is 2.78 bits per heavy atom. The van der Waals surface area contributed by atoms with Crippen LogP contribution in [0.4, 0.5) is 4.39 Å².